The van der Waals surface area contributed by atoms with Crippen LogP contribution in [0.25, 0.3) is 11.1 Å². The van der Waals surface area contributed by atoms with E-state index in [0.29, 0.717) is 5.92 Å². The van der Waals surface area contributed by atoms with Crippen LogP contribution in [0.4, 0.5) is 10.5 Å². The van der Waals surface area contributed by atoms with Crippen LogP contribution in [-0.4, -0.2) is 50.8 Å². The maximum atomic E-state index is 13.1. The molecule has 0 saturated carbocycles. The third-order valence-electron chi connectivity index (χ3n) is 8.83. The summed E-state index contributed by atoms with van der Waals surface area (Å²) in [6, 6.07) is 15.5. The Bertz CT molecular complexity index is 1040. The Morgan fingerprint density at radius 3 is 2.47 bits per heavy atom. The number of hydrogen-bond donors (Lipinski definition) is 1. The van der Waals surface area contributed by atoms with E-state index in [2.05, 4.69) is 85.5 Å². The number of nitrogens with one attached hydrogen (secondary N) is 1. The van der Waals surface area contributed by atoms with Crippen LogP contribution in [0.2, 0.25) is 0 Å². The van der Waals surface area contributed by atoms with Gasteiger partial charge in [-0.2, -0.15) is 0 Å². The minimum Gasteiger partial charge on any atom is -0.445 e. The highest BCUT2D eigenvalue weighted by atomic mass is 16.6. The molecular formula is C29H39N3O2. The number of amides is 1. The monoisotopic (exact) mass is 461 g/mol. The van der Waals surface area contributed by atoms with Gasteiger partial charge in [0.1, 0.15) is 6.10 Å². The zero-order valence-corrected chi connectivity index (χ0v) is 21.1. The lowest BCUT2D eigenvalue weighted by atomic mass is 9.76. The van der Waals surface area contributed by atoms with Crippen molar-refractivity contribution in [3.05, 3.63) is 53.6 Å². The second kappa shape index (κ2) is 9.26. The summed E-state index contributed by atoms with van der Waals surface area (Å²) in [4.78, 5) is 17.7. The number of ether oxygens (including phenoxy) is 1. The number of hydrogen-bond acceptors (Lipinski definition) is 4. The van der Waals surface area contributed by atoms with Crippen molar-refractivity contribution in [3.63, 3.8) is 0 Å². The zero-order valence-electron chi connectivity index (χ0n) is 21.1. The Morgan fingerprint density at radius 1 is 1.09 bits per heavy atom. The van der Waals surface area contributed by atoms with Gasteiger partial charge < -0.3 is 15.0 Å². The molecule has 3 fully saturated rings. The molecule has 1 unspecified atom stereocenters. The molecule has 182 valence electrons. The molecule has 2 atom stereocenters. The highest BCUT2D eigenvalue weighted by Crippen LogP contribution is 2.51. The molecule has 34 heavy (non-hydrogen) atoms. The van der Waals surface area contributed by atoms with Crippen LogP contribution >= 0.6 is 0 Å². The Kier molecular flexibility index (Phi) is 6.32. The standard InChI is InChI=1S/C29H39N3O2/c1-5-29(6-2)18-23-16-22(21-8-7-9-24(17-21)31(3)4)10-11-25(23)27(29)30-28(33)34-26-19-32-14-12-20(26)13-15-32/h7-11,16-17,20,26-27H,5-6,12-15,18-19H2,1-4H3,(H,30,33)/t26-,27?/m0/s1. The van der Waals surface area contributed by atoms with Crippen LogP contribution in [0, 0.1) is 11.3 Å². The number of anilines is 1. The van der Waals surface area contributed by atoms with E-state index in [-0.39, 0.29) is 23.7 Å². The lowest BCUT2D eigenvalue weighted by molar-refractivity contribution is -0.0353. The van der Waals surface area contributed by atoms with E-state index in [1.54, 1.807) is 0 Å². The number of piperidine rings is 3. The Balaban J connectivity index is 1.38. The van der Waals surface area contributed by atoms with Gasteiger partial charge in [-0.15, -0.1) is 0 Å². The molecule has 1 aliphatic carbocycles. The van der Waals surface area contributed by atoms with Gasteiger partial charge in [-0.05, 0) is 90.9 Å². The fraction of sp³-hybridized carbons (Fsp3) is 0.552. The van der Waals surface area contributed by atoms with E-state index < -0.39 is 0 Å². The summed E-state index contributed by atoms with van der Waals surface area (Å²) in [5.41, 5.74) is 6.29. The molecule has 6 rings (SSSR count). The third kappa shape index (κ3) is 4.19. The van der Waals surface area contributed by atoms with Gasteiger partial charge in [-0.1, -0.05) is 44.2 Å². The van der Waals surface area contributed by atoms with Gasteiger partial charge in [0.15, 0.2) is 0 Å². The zero-order chi connectivity index (χ0) is 23.9. The quantitative estimate of drug-likeness (QED) is 0.604. The maximum absolute atomic E-state index is 13.1. The summed E-state index contributed by atoms with van der Waals surface area (Å²) in [5, 5.41) is 3.33. The predicted molar refractivity (Wildman–Crippen MR) is 138 cm³/mol. The number of fused-ring (bicyclic) bond motifs is 4. The van der Waals surface area contributed by atoms with Crippen molar-refractivity contribution >= 4 is 11.8 Å². The molecule has 2 bridgehead atoms. The van der Waals surface area contributed by atoms with Gasteiger partial charge in [0, 0.05) is 26.3 Å². The van der Waals surface area contributed by atoms with Gasteiger partial charge >= 0.3 is 6.09 Å². The first kappa shape index (κ1) is 23.2. The molecule has 3 saturated heterocycles. The first-order valence-corrected chi connectivity index (χ1v) is 13.0. The minimum atomic E-state index is -0.245. The number of benzene rings is 2. The highest BCUT2D eigenvalue weighted by molar-refractivity contribution is 5.72. The van der Waals surface area contributed by atoms with E-state index in [4.69, 9.17) is 4.74 Å². The van der Waals surface area contributed by atoms with E-state index in [1.807, 2.05) is 0 Å². The summed E-state index contributed by atoms with van der Waals surface area (Å²) in [6.45, 7) is 7.70. The van der Waals surface area contributed by atoms with Gasteiger partial charge in [0.05, 0.1) is 6.04 Å². The Morgan fingerprint density at radius 2 is 1.82 bits per heavy atom. The summed E-state index contributed by atoms with van der Waals surface area (Å²) >= 11 is 0. The summed E-state index contributed by atoms with van der Waals surface area (Å²) in [7, 11) is 4.15. The first-order valence-electron chi connectivity index (χ1n) is 13.0. The summed E-state index contributed by atoms with van der Waals surface area (Å²) in [6.07, 6.45) is 5.12. The smallest absolute Gasteiger partial charge is 0.407 e. The molecule has 0 radical (unpaired) electrons. The highest BCUT2D eigenvalue weighted by Gasteiger charge is 2.45. The molecule has 2 aromatic carbocycles. The van der Waals surface area contributed by atoms with Crippen molar-refractivity contribution < 1.29 is 9.53 Å². The average molecular weight is 462 g/mol. The molecule has 0 aromatic heterocycles. The SMILES string of the molecule is CCC1(CC)Cc2cc(-c3cccc(N(C)C)c3)ccc2C1NC(=O)O[C@H]1CN2CCC1CC2. The van der Waals surface area contributed by atoms with E-state index in [0.717, 1.165) is 51.7 Å². The normalized spacial score (nSPS) is 26.7. The van der Waals surface area contributed by atoms with E-state index >= 15 is 0 Å². The molecule has 5 nitrogen and oxygen atoms in total. The molecule has 1 amide bonds. The van der Waals surface area contributed by atoms with E-state index in [1.165, 1.54) is 27.9 Å². The van der Waals surface area contributed by atoms with Crippen molar-refractivity contribution in [1.29, 1.82) is 0 Å². The third-order valence-corrected chi connectivity index (χ3v) is 8.83. The molecule has 3 aliphatic heterocycles. The van der Waals surface area contributed by atoms with E-state index in [9.17, 15) is 4.79 Å². The number of nitrogens with zero attached hydrogens (tertiary/aromatic N) is 2. The van der Waals surface area contributed by atoms with Crippen LogP contribution < -0.4 is 10.2 Å². The Labute approximate surface area is 204 Å². The number of carbonyl (C=O) groups excluding carboxylic acids is 1. The molecule has 2 aromatic rings. The molecule has 4 aliphatic rings. The molecular weight excluding hydrogens is 422 g/mol. The molecule has 3 heterocycles. The van der Waals surface area contributed by atoms with Gasteiger partial charge in [-0.25, -0.2) is 4.79 Å². The molecule has 1 N–H and O–H groups in total. The van der Waals surface area contributed by atoms with Gasteiger partial charge in [0.25, 0.3) is 0 Å². The molecule has 0 spiro atoms. The number of alkyl carbamates (subject to hydrolysis) is 1. The van der Waals surface area contributed by atoms with Crippen LogP contribution in [-0.2, 0) is 11.2 Å². The predicted octanol–water partition coefficient (Wildman–Crippen LogP) is 5.64. The van der Waals surface area contributed by atoms with Crippen molar-refractivity contribution in [3.8, 4) is 11.1 Å². The van der Waals surface area contributed by atoms with Crippen molar-refractivity contribution in [2.24, 2.45) is 11.3 Å². The van der Waals surface area contributed by atoms with Gasteiger partial charge in [-0.3, -0.25) is 4.90 Å². The number of rotatable bonds is 6. The van der Waals surface area contributed by atoms with Gasteiger partial charge in [0.2, 0.25) is 0 Å². The Hall–Kier alpha value is -2.53. The van der Waals surface area contributed by atoms with Crippen molar-refractivity contribution in [2.45, 2.75) is 58.1 Å². The second-order valence-electron chi connectivity index (χ2n) is 10.8. The van der Waals surface area contributed by atoms with Crippen molar-refractivity contribution in [2.75, 3.05) is 38.6 Å². The lowest BCUT2D eigenvalue weighted by Gasteiger charge is -2.44. The fourth-order valence-corrected chi connectivity index (χ4v) is 6.47. The largest absolute Gasteiger partial charge is 0.445 e. The number of carbonyl (C=O) groups is 1. The minimum absolute atomic E-state index is 0.00626. The fourth-order valence-electron chi connectivity index (χ4n) is 6.47. The molecule has 5 heteroatoms. The topological polar surface area (TPSA) is 44.8 Å². The second-order valence-corrected chi connectivity index (χ2v) is 10.8. The van der Waals surface area contributed by atoms with Crippen LogP contribution in [0.15, 0.2) is 42.5 Å². The summed E-state index contributed by atoms with van der Waals surface area (Å²) in [5.74, 6) is 0.522. The first-order chi connectivity index (χ1) is 16.4. The van der Waals surface area contributed by atoms with Crippen molar-refractivity contribution in [1.82, 2.24) is 10.2 Å². The maximum Gasteiger partial charge on any atom is 0.407 e. The average Bonchev–Trinajstić information content (AvgIpc) is 3.17. The lowest BCUT2D eigenvalue weighted by Crippen LogP contribution is -2.53. The van der Waals surface area contributed by atoms with Crippen LogP contribution in [0.3, 0.4) is 0 Å². The van der Waals surface area contributed by atoms with Crippen LogP contribution in [0.5, 0.6) is 0 Å². The van der Waals surface area contributed by atoms with Crippen LogP contribution in [0.1, 0.15) is 56.7 Å². The summed E-state index contributed by atoms with van der Waals surface area (Å²) < 4.78 is 6.02.